The molecule has 0 unspecified atom stereocenters. The fraction of sp³-hybridized carbons (Fsp3) is 0.684. The molecule has 7 heteroatoms. The molecule has 2 atom stereocenters. The van der Waals surface area contributed by atoms with Gasteiger partial charge in [0.05, 0.1) is 31.1 Å². The van der Waals surface area contributed by atoms with Crippen molar-refractivity contribution in [2.75, 3.05) is 37.7 Å². The molecule has 0 spiro atoms. The summed E-state index contributed by atoms with van der Waals surface area (Å²) in [6.07, 6.45) is 3.77. The highest BCUT2D eigenvalue weighted by molar-refractivity contribution is 5.75. The molecule has 26 heavy (non-hydrogen) atoms. The van der Waals surface area contributed by atoms with E-state index in [2.05, 4.69) is 35.1 Å². The number of fused-ring (bicyclic) bond motifs is 4. The molecule has 3 saturated heterocycles. The summed E-state index contributed by atoms with van der Waals surface area (Å²) in [7, 11) is 0. The summed E-state index contributed by atoms with van der Waals surface area (Å²) in [5.41, 5.74) is 1.18. The molecule has 144 valence electrons. The zero-order valence-electron chi connectivity index (χ0n) is 15.9. The average molecular weight is 362 g/mol. The monoisotopic (exact) mass is 362 g/mol. The normalized spacial score (nSPS) is 24.3. The van der Waals surface area contributed by atoms with Crippen molar-refractivity contribution >= 4 is 11.7 Å². The van der Waals surface area contributed by atoms with Gasteiger partial charge in [0.2, 0.25) is 5.88 Å². The maximum atomic E-state index is 12.5. The van der Waals surface area contributed by atoms with E-state index >= 15 is 0 Å². The molecule has 4 heterocycles. The number of aromatic nitrogens is 1. The number of amides is 2. The van der Waals surface area contributed by atoms with Gasteiger partial charge in [-0.05, 0) is 31.2 Å². The number of anilines is 1. The molecule has 2 amide bonds. The Morgan fingerprint density at radius 3 is 2.92 bits per heavy atom. The standard InChI is InChI=1S/C19H30N4O3/c1-4-26-17-6-5-14(12-21-17)23-13-15-11-19(2,3)16(23)7-9-22(15)18(25)20-8-10-24/h5-6,12,15-16,24H,4,7-11,13H2,1-3H3,(H,20,25)/t15-,16+/m0/s1. The zero-order chi connectivity index (χ0) is 18.7. The summed E-state index contributed by atoms with van der Waals surface area (Å²) in [4.78, 5) is 21.3. The average Bonchev–Trinajstić information content (AvgIpc) is 2.87. The van der Waals surface area contributed by atoms with E-state index in [1.807, 2.05) is 24.1 Å². The van der Waals surface area contributed by atoms with Crippen LogP contribution in [0.3, 0.4) is 0 Å². The van der Waals surface area contributed by atoms with Crippen LogP contribution in [-0.2, 0) is 0 Å². The molecule has 2 N–H and O–H groups in total. The fourth-order valence-electron chi connectivity index (χ4n) is 4.38. The third-order valence-corrected chi connectivity index (χ3v) is 5.53. The van der Waals surface area contributed by atoms with Crippen LogP contribution in [0.15, 0.2) is 18.3 Å². The minimum Gasteiger partial charge on any atom is -0.478 e. The number of hydrogen-bond acceptors (Lipinski definition) is 5. The van der Waals surface area contributed by atoms with E-state index < -0.39 is 0 Å². The number of nitrogens with one attached hydrogen (secondary N) is 1. The molecule has 0 saturated carbocycles. The number of aliphatic hydroxyl groups is 1. The van der Waals surface area contributed by atoms with E-state index in [4.69, 9.17) is 9.84 Å². The van der Waals surface area contributed by atoms with Crippen LogP contribution >= 0.6 is 0 Å². The number of hydrogen-bond donors (Lipinski definition) is 2. The molecule has 1 aromatic heterocycles. The van der Waals surface area contributed by atoms with E-state index in [0.717, 1.165) is 31.6 Å². The molecule has 3 aliphatic heterocycles. The van der Waals surface area contributed by atoms with Crippen LogP contribution in [-0.4, -0.2) is 66.0 Å². The second-order valence-electron chi connectivity index (χ2n) is 7.74. The van der Waals surface area contributed by atoms with Gasteiger partial charge >= 0.3 is 6.03 Å². The van der Waals surface area contributed by atoms with Gasteiger partial charge in [-0.15, -0.1) is 0 Å². The van der Waals surface area contributed by atoms with Gasteiger partial charge in [0.25, 0.3) is 0 Å². The van der Waals surface area contributed by atoms with Gasteiger partial charge in [-0.1, -0.05) is 13.8 Å². The third kappa shape index (κ3) is 3.72. The number of piperidine rings is 1. The molecule has 1 aromatic rings. The van der Waals surface area contributed by atoms with Gasteiger partial charge in [0, 0.05) is 31.7 Å². The first-order valence-corrected chi connectivity index (χ1v) is 9.47. The summed E-state index contributed by atoms with van der Waals surface area (Å²) in [5, 5.41) is 11.8. The Labute approximate surface area is 155 Å². The number of rotatable bonds is 5. The lowest BCUT2D eigenvalue weighted by Crippen LogP contribution is -2.57. The Morgan fingerprint density at radius 2 is 2.27 bits per heavy atom. The Morgan fingerprint density at radius 1 is 1.46 bits per heavy atom. The number of carbonyl (C=O) groups excluding carboxylic acids is 1. The summed E-state index contributed by atoms with van der Waals surface area (Å²) < 4.78 is 5.45. The Hall–Kier alpha value is -2.02. The fourth-order valence-corrected chi connectivity index (χ4v) is 4.38. The maximum absolute atomic E-state index is 12.5. The van der Waals surface area contributed by atoms with Gasteiger partial charge in [0.1, 0.15) is 0 Å². The molecule has 2 bridgehead atoms. The summed E-state index contributed by atoms with van der Waals surface area (Å²) in [5.74, 6) is 0.639. The predicted molar refractivity (Wildman–Crippen MR) is 101 cm³/mol. The highest BCUT2D eigenvalue weighted by Gasteiger charge is 2.47. The quantitative estimate of drug-likeness (QED) is 0.836. The SMILES string of the molecule is CCOc1ccc(N2C[C@@H]3CC(C)(C)[C@H]2CCN3C(=O)NCCO)cn1. The second kappa shape index (κ2) is 7.70. The highest BCUT2D eigenvalue weighted by Crippen LogP contribution is 2.43. The first-order valence-electron chi connectivity index (χ1n) is 9.47. The zero-order valence-corrected chi connectivity index (χ0v) is 15.9. The topological polar surface area (TPSA) is 77.9 Å². The van der Waals surface area contributed by atoms with E-state index in [9.17, 15) is 4.79 Å². The lowest BCUT2D eigenvalue weighted by molar-refractivity contribution is 0.145. The van der Waals surface area contributed by atoms with E-state index in [1.165, 1.54) is 0 Å². The highest BCUT2D eigenvalue weighted by atomic mass is 16.5. The lowest BCUT2D eigenvalue weighted by Gasteiger charge is -2.49. The number of ether oxygens (including phenoxy) is 1. The van der Waals surface area contributed by atoms with Crippen LogP contribution in [0.25, 0.3) is 0 Å². The van der Waals surface area contributed by atoms with Crippen molar-refractivity contribution in [1.29, 1.82) is 0 Å². The molecule has 4 rings (SSSR count). The van der Waals surface area contributed by atoms with E-state index in [-0.39, 0.29) is 24.1 Å². The third-order valence-electron chi connectivity index (χ3n) is 5.53. The van der Waals surface area contributed by atoms with Crippen molar-refractivity contribution < 1.29 is 14.6 Å². The Bertz CT molecular complexity index is 620. The summed E-state index contributed by atoms with van der Waals surface area (Å²) >= 11 is 0. The molecule has 3 fully saturated rings. The van der Waals surface area contributed by atoms with Gasteiger partial charge in [-0.25, -0.2) is 9.78 Å². The van der Waals surface area contributed by atoms with Crippen molar-refractivity contribution in [2.45, 2.75) is 45.7 Å². The Kier molecular flexibility index (Phi) is 5.55. The number of carbonyl (C=O) groups is 1. The smallest absolute Gasteiger partial charge is 0.317 e. The molecule has 0 aromatic carbocycles. The van der Waals surface area contributed by atoms with E-state index in [1.54, 1.807) is 0 Å². The van der Waals surface area contributed by atoms with Gasteiger partial charge in [-0.2, -0.15) is 0 Å². The molecule has 7 nitrogen and oxygen atoms in total. The largest absolute Gasteiger partial charge is 0.478 e. The van der Waals surface area contributed by atoms with Crippen LogP contribution in [0.1, 0.15) is 33.6 Å². The maximum Gasteiger partial charge on any atom is 0.317 e. The predicted octanol–water partition coefficient (Wildman–Crippen LogP) is 1.86. The first-order chi connectivity index (χ1) is 12.5. The molecular formula is C19H30N4O3. The van der Waals surface area contributed by atoms with Gasteiger partial charge in [-0.3, -0.25) is 0 Å². The number of aliphatic hydroxyl groups excluding tert-OH is 1. The Balaban J connectivity index is 1.82. The van der Waals surface area contributed by atoms with E-state index in [0.29, 0.717) is 25.1 Å². The second-order valence-corrected chi connectivity index (χ2v) is 7.74. The van der Waals surface area contributed by atoms with Crippen molar-refractivity contribution in [3.05, 3.63) is 18.3 Å². The first kappa shape index (κ1) is 18.8. The van der Waals surface area contributed by atoms with Crippen molar-refractivity contribution in [3.63, 3.8) is 0 Å². The van der Waals surface area contributed by atoms with Crippen LogP contribution in [0, 0.1) is 5.41 Å². The van der Waals surface area contributed by atoms with Crippen LogP contribution < -0.4 is 15.0 Å². The van der Waals surface area contributed by atoms with Crippen LogP contribution in [0.2, 0.25) is 0 Å². The van der Waals surface area contributed by atoms with Crippen LogP contribution in [0.4, 0.5) is 10.5 Å². The lowest BCUT2D eigenvalue weighted by atomic mass is 9.74. The summed E-state index contributed by atoms with van der Waals surface area (Å²) in [6.45, 7) is 8.91. The van der Waals surface area contributed by atoms with Crippen molar-refractivity contribution in [3.8, 4) is 5.88 Å². The molecular weight excluding hydrogens is 332 g/mol. The van der Waals surface area contributed by atoms with Crippen molar-refractivity contribution in [2.24, 2.45) is 5.41 Å². The van der Waals surface area contributed by atoms with Crippen LogP contribution in [0.5, 0.6) is 5.88 Å². The van der Waals surface area contributed by atoms with Gasteiger partial charge < -0.3 is 25.0 Å². The number of urea groups is 1. The minimum atomic E-state index is -0.0767. The molecule has 0 aliphatic carbocycles. The molecule has 0 radical (unpaired) electrons. The number of nitrogens with zero attached hydrogens (tertiary/aromatic N) is 3. The number of pyridine rings is 1. The molecule has 3 aliphatic rings. The van der Waals surface area contributed by atoms with Gasteiger partial charge in [0.15, 0.2) is 0 Å². The summed E-state index contributed by atoms with van der Waals surface area (Å²) in [6, 6.07) is 4.40. The van der Waals surface area contributed by atoms with Crippen molar-refractivity contribution in [1.82, 2.24) is 15.2 Å². The minimum absolute atomic E-state index is 0.0393.